The molecule has 0 spiro atoms. The molecule has 0 aliphatic carbocycles. The fraction of sp³-hybridized carbons (Fsp3) is 0.286. The van der Waals surface area contributed by atoms with Crippen LogP contribution in [0.15, 0.2) is 42.7 Å². The summed E-state index contributed by atoms with van der Waals surface area (Å²) < 4.78 is 48.7. The number of aromatic amines is 1. The maximum atomic E-state index is 13.9. The highest BCUT2D eigenvalue weighted by Crippen LogP contribution is 2.45. The molecule has 3 aromatic heterocycles. The van der Waals surface area contributed by atoms with Crippen LogP contribution in [0.5, 0.6) is 0 Å². The Morgan fingerprint density at radius 3 is 2.75 bits per heavy atom. The Bertz CT molecular complexity index is 1270. The van der Waals surface area contributed by atoms with Gasteiger partial charge in [0.1, 0.15) is 0 Å². The molecule has 1 aromatic carbocycles. The minimum absolute atomic E-state index is 0.0267. The number of ether oxygens (including phenoxy) is 1. The van der Waals surface area contributed by atoms with Crippen LogP contribution in [0.3, 0.4) is 0 Å². The minimum atomic E-state index is -4.56. The van der Waals surface area contributed by atoms with E-state index in [-0.39, 0.29) is 22.2 Å². The van der Waals surface area contributed by atoms with Crippen LogP contribution in [0, 0.1) is 0 Å². The maximum Gasteiger partial charge on any atom is 0.417 e. The molecule has 5 rings (SSSR count). The van der Waals surface area contributed by atoms with Crippen LogP contribution in [0.4, 0.5) is 19.0 Å². The summed E-state index contributed by atoms with van der Waals surface area (Å²) in [5.74, 6) is 0.852. The number of nitrogens with zero attached hydrogens (tertiary/aromatic N) is 5. The molecule has 166 valence electrons. The number of H-pyrrole nitrogens is 1. The van der Waals surface area contributed by atoms with Crippen molar-refractivity contribution in [2.75, 3.05) is 24.7 Å². The maximum absolute atomic E-state index is 13.9. The van der Waals surface area contributed by atoms with E-state index < -0.39 is 11.7 Å². The molecule has 1 aliphatic rings. The zero-order valence-corrected chi connectivity index (χ0v) is 17.7. The van der Waals surface area contributed by atoms with Crippen molar-refractivity contribution in [2.24, 2.45) is 0 Å². The fourth-order valence-corrected chi connectivity index (χ4v) is 4.34. The van der Waals surface area contributed by atoms with Crippen molar-refractivity contribution < 1.29 is 17.9 Å². The topological polar surface area (TPSA) is 71.9 Å². The molecule has 1 atom stereocenters. The number of benzene rings is 1. The van der Waals surface area contributed by atoms with Crippen LogP contribution in [-0.2, 0) is 10.9 Å². The Morgan fingerprint density at radius 2 is 2.03 bits per heavy atom. The van der Waals surface area contributed by atoms with Gasteiger partial charge >= 0.3 is 6.18 Å². The first kappa shape index (κ1) is 20.8. The number of pyridine rings is 1. The Labute approximate surface area is 185 Å². The number of hydrogen-bond acceptors (Lipinski definition) is 5. The Balaban J connectivity index is 1.84. The molecule has 1 saturated heterocycles. The zero-order valence-electron chi connectivity index (χ0n) is 16.9. The Morgan fingerprint density at radius 1 is 1.22 bits per heavy atom. The highest BCUT2D eigenvalue weighted by atomic mass is 35.5. The number of alkyl halides is 3. The lowest BCUT2D eigenvalue weighted by Crippen LogP contribution is -2.44. The van der Waals surface area contributed by atoms with Crippen molar-refractivity contribution in [3.05, 3.63) is 53.3 Å². The smallest absolute Gasteiger partial charge is 0.377 e. The number of fused-ring (bicyclic) bond motifs is 1. The number of rotatable bonds is 3. The van der Waals surface area contributed by atoms with Crippen LogP contribution in [0.1, 0.15) is 12.5 Å². The SMILES string of the molecule is C[C@@H]1COCCN1c1nc2c(cnn2-c2cc[nH]n2)c(-c2ccccc2C(F)(F)F)c1Cl. The van der Waals surface area contributed by atoms with E-state index in [0.717, 1.165) is 6.07 Å². The molecule has 0 radical (unpaired) electrons. The van der Waals surface area contributed by atoms with Gasteiger partial charge in [0, 0.05) is 29.8 Å². The van der Waals surface area contributed by atoms with Crippen LogP contribution >= 0.6 is 11.6 Å². The summed E-state index contributed by atoms with van der Waals surface area (Å²) in [4.78, 5) is 6.70. The molecule has 11 heteroatoms. The predicted octanol–water partition coefficient (Wildman–Crippen LogP) is 4.71. The van der Waals surface area contributed by atoms with Crippen LogP contribution in [-0.4, -0.2) is 50.8 Å². The monoisotopic (exact) mass is 462 g/mol. The number of morpholine rings is 1. The molecular formula is C21H18ClF3N6O. The normalized spacial score (nSPS) is 17.3. The summed E-state index contributed by atoms with van der Waals surface area (Å²) in [5, 5.41) is 11.7. The third-order valence-corrected chi connectivity index (χ3v) is 5.84. The fourth-order valence-electron chi connectivity index (χ4n) is 3.99. The van der Waals surface area contributed by atoms with E-state index >= 15 is 0 Å². The molecule has 0 unspecified atom stereocenters. The standard InChI is InChI=1S/C21H18ClF3N6O/c1-12-11-32-9-8-30(12)20-18(22)17(13-4-2-3-5-15(13)21(23,24)25)14-10-27-31(19(14)28-20)16-6-7-26-29-16/h2-7,10,12H,8-9,11H2,1H3,(H,26,29)/t12-/m1/s1. The number of aromatic nitrogens is 5. The average Bonchev–Trinajstić information content (AvgIpc) is 3.43. The highest BCUT2D eigenvalue weighted by Gasteiger charge is 2.36. The molecule has 7 nitrogen and oxygen atoms in total. The number of halogens is 4. The van der Waals surface area contributed by atoms with Crippen molar-refractivity contribution in [3.63, 3.8) is 0 Å². The van der Waals surface area contributed by atoms with Crippen LogP contribution in [0.25, 0.3) is 28.0 Å². The molecular weight excluding hydrogens is 445 g/mol. The summed E-state index contributed by atoms with van der Waals surface area (Å²) >= 11 is 6.81. The van der Waals surface area contributed by atoms with Gasteiger partial charge in [-0.1, -0.05) is 29.8 Å². The van der Waals surface area contributed by atoms with Gasteiger partial charge in [-0.25, -0.2) is 4.98 Å². The summed E-state index contributed by atoms with van der Waals surface area (Å²) in [5.41, 5.74) is -0.203. The quantitative estimate of drug-likeness (QED) is 0.477. The van der Waals surface area contributed by atoms with Gasteiger partial charge in [0.25, 0.3) is 0 Å². The van der Waals surface area contributed by atoms with E-state index in [0.29, 0.717) is 42.4 Å². The summed E-state index contributed by atoms with van der Waals surface area (Å²) in [7, 11) is 0. The third kappa shape index (κ3) is 3.39. The largest absolute Gasteiger partial charge is 0.417 e. The number of nitrogens with one attached hydrogen (secondary N) is 1. The van der Waals surface area contributed by atoms with Crippen LogP contribution in [0.2, 0.25) is 5.02 Å². The highest BCUT2D eigenvalue weighted by molar-refractivity contribution is 6.37. The second kappa shape index (κ2) is 7.79. The number of hydrogen-bond donors (Lipinski definition) is 1. The van der Waals surface area contributed by atoms with E-state index in [1.165, 1.54) is 23.0 Å². The van der Waals surface area contributed by atoms with Gasteiger partial charge in [-0.2, -0.15) is 28.1 Å². The molecule has 32 heavy (non-hydrogen) atoms. The van der Waals surface area contributed by atoms with Crippen LogP contribution < -0.4 is 4.90 Å². The second-order valence-electron chi connectivity index (χ2n) is 7.51. The Kier molecular flexibility index (Phi) is 5.06. The van der Waals surface area contributed by atoms with Crippen molar-refractivity contribution in [3.8, 4) is 16.9 Å². The first-order valence-corrected chi connectivity index (χ1v) is 10.3. The number of anilines is 1. The van der Waals surface area contributed by atoms with Crippen molar-refractivity contribution in [1.29, 1.82) is 0 Å². The molecule has 1 aliphatic heterocycles. The summed E-state index contributed by atoms with van der Waals surface area (Å²) in [6.07, 6.45) is -1.46. The van der Waals surface area contributed by atoms with Gasteiger partial charge in [0.2, 0.25) is 0 Å². The van der Waals surface area contributed by atoms with E-state index in [1.807, 2.05) is 11.8 Å². The molecule has 1 N–H and O–H groups in total. The first-order valence-electron chi connectivity index (χ1n) is 9.94. The molecule has 4 heterocycles. The Hall–Kier alpha value is -3.11. The summed E-state index contributed by atoms with van der Waals surface area (Å²) in [6.45, 7) is 3.39. The van der Waals surface area contributed by atoms with Crippen molar-refractivity contribution in [1.82, 2.24) is 25.0 Å². The van der Waals surface area contributed by atoms with E-state index in [4.69, 9.17) is 21.3 Å². The van der Waals surface area contributed by atoms with Crippen molar-refractivity contribution >= 4 is 28.5 Å². The molecule has 0 saturated carbocycles. The average molecular weight is 463 g/mol. The molecule has 4 aromatic rings. The summed E-state index contributed by atoms with van der Waals surface area (Å²) in [6, 6.07) is 7.02. The predicted molar refractivity (Wildman–Crippen MR) is 114 cm³/mol. The van der Waals surface area contributed by atoms with E-state index in [1.54, 1.807) is 18.3 Å². The lowest BCUT2D eigenvalue weighted by molar-refractivity contribution is -0.137. The lowest BCUT2D eigenvalue weighted by Gasteiger charge is -2.35. The zero-order chi connectivity index (χ0) is 22.5. The second-order valence-corrected chi connectivity index (χ2v) is 7.89. The van der Waals surface area contributed by atoms with Gasteiger partial charge in [-0.15, -0.1) is 0 Å². The molecule has 1 fully saturated rings. The van der Waals surface area contributed by atoms with Gasteiger partial charge in [0.05, 0.1) is 36.0 Å². The van der Waals surface area contributed by atoms with Crippen molar-refractivity contribution in [2.45, 2.75) is 19.1 Å². The van der Waals surface area contributed by atoms with Gasteiger partial charge in [0.15, 0.2) is 17.3 Å². The van der Waals surface area contributed by atoms with E-state index in [9.17, 15) is 13.2 Å². The minimum Gasteiger partial charge on any atom is -0.377 e. The van der Waals surface area contributed by atoms with Gasteiger partial charge in [-0.3, -0.25) is 5.10 Å². The molecule has 0 bridgehead atoms. The third-order valence-electron chi connectivity index (χ3n) is 5.49. The lowest BCUT2D eigenvalue weighted by atomic mass is 9.97. The molecule has 0 amide bonds. The van der Waals surface area contributed by atoms with Gasteiger partial charge < -0.3 is 9.64 Å². The first-order chi connectivity index (χ1) is 15.4. The van der Waals surface area contributed by atoms with E-state index in [2.05, 4.69) is 15.3 Å². The van der Waals surface area contributed by atoms with Gasteiger partial charge in [-0.05, 0) is 18.6 Å².